The largest absolute Gasteiger partial charge is 0.361 e. The Labute approximate surface area is 261 Å². The zero-order chi connectivity index (χ0) is 32.4. The van der Waals surface area contributed by atoms with Crippen LogP contribution in [0.15, 0.2) is 37.2 Å². The fraction of sp³-hybridized carbons (Fsp3) is 0.462. The summed E-state index contributed by atoms with van der Waals surface area (Å²) in [5, 5.41) is 85.1. The topological polar surface area (TPSA) is 267 Å². The number of nitrogens with one attached hydrogen (secondary N) is 3. The van der Waals surface area contributed by atoms with Crippen LogP contribution < -0.4 is 15.5 Å². The average Bonchev–Trinajstić information content (AvgIpc) is 3.66. The fourth-order valence-corrected chi connectivity index (χ4v) is 5.29. The van der Waals surface area contributed by atoms with E-state index in [0.717, 1.165) is 11.8 Å². The van der Waals surface area contributed by atoms with Gasteiger partial charge in [0, 0.05) is 42.8 Å². The first-order chi connectivity index (χ1) is 21.3. The molecule has 1 aliphatic carbocycles. The Morgan fingerprint density at radius 3 is 2.36 bits per heavy atom. The van der Waals surface area contributed by atoms with Crippen molar-refractivity contribution in [2.75, 3.05) is 16.8 Å². The molecule has 45 heavy (non-hydrogen) atoms. The lowest BCUT2D eigenvalue weighted by molar-refractivity contribution is -0.323. The molecule has 0 bridgehead atoms. The number of halogens is 1. The summed E-state index contributed by atoms with van der Waals surface area (Å²) in [6.45, 7) is 1.92. The summed E-state index contributed by atoms with van der Waals surface area (Å²) in [6.07, 6.45) is 9.77. The highest BCUT2D eigenvalue weighted by Crippen LogP contribution is 2.33. The van der Waals surface area contributed by atoms with E-state index < -0.39 is 30.4 Å². The molecule has 0 aromatic carbocycles. The van der Waals surface area contributed by atoms with E-state index in [1.54, 1.807) is 22.0 Å². The van der Waals surface area contributed by atoms with Crippen LogP contribution in [0.2, 0.25) is 5.02 Å². The minimum Gasteiger partial charge on any atom is -0.361 e. The van der Waals surface area contributed by atoms with Gasteiger partial charge >= 0.3 is 5.97 Å². The second-order valence-corrected chi connectivity index (χ2v) is 11.0. The number of hydrogen-bond acceptors (Lipinski definition) is 16. The van der Waals surface area contributed by atoms with Crippen molar-refractivity contribution < 1.29 is 35.7 Å². The van der Waals surface area contributed by atoms with E-state index in [1.165, 1.54) is 12.4 Å². The van der Waals surface area contributed by atoms with Gasteiger partial charge in [-0.25, -0.2) is 15.0 Å². The van der Waals surface area contributed by atoms with Crippen LogP contribution in [-0.2, 0) is 12.5 Å². The smallest absolute Gasteiger partial charge is 0.308 e. The maximum absolute atomic E-state index is 11.0. The monoisotopic (exact) mass is 647 g/mol. The van der Waals surface area contributed by atoms with Crippen LogP contribution in [0.1, 0.15) is 38.2 Å². The first-order valence-electron chi connectivity index (χ1n) is 14.0. The van der Waals surface area contributed by atoms with Crippen LogP contribution >= 0.6 is 11.6 Å². The fourth-order valence-electron chi connectivity index (χ4n) is 5.11. The molecule has 4 heterocycles. The van der Waals surface area contributed by atoms with E-state index in [2.05, 4.69) is 45.9 Å². The highest BCUT2D eigenvalue weighted by atomic mass is 35.5. The van der Waals surface area contributed by atoms with Crippen molar-refractivity contribution in [1.82, 2.24) is 45.2 Å². The maximum atomic E-state index is 11.0. The summed E-state index contributed by atoms with van der Waals surface area (Å²) in [5.41, 5.74) is 0.942. The molecule has 0 amide bonds. The van der Waals surface area contributed by atoms with Crippen molar-refractivity contribution in [2.24, 2.45) is 0 Å². The van der Waals surface area contributed by atoms with Gasteiger partial charge in [-0.2, -0.15) is 10.2 Å². The third-order valence-corrected chi connectivity index (χ3v) is 7.62. The van der Waals surface area contributed by atoms with Gasteiger partial charge < -0.3 is 46.0 Å². The molecule has 0 spiro atoms. The number of aryl methyl sites for hydroxylation is 1. The average molecular weight is 648 g/mol. The van der Waals surface area contributed by atoms with E-state index in [-0.39, 0.29) is 34.4 Å². The number of anilines is 2. The summed E-state index contributed by atoms with van der Waals surface area (Å²) < 4.78 is 1.76. The van der Waals surface area contributed by atoms with E-state index >= 15 is 0 Å². The van der Waals surface area contributed by atoms with Crippen LogP contribution in [0, 0.1) is 0 Å². The van der Waals surface area contributed by atoms with Crippen molar-refractivity contribution >= 4 is 23.4 Å². The Kier molecular flexibility index (Phi) is 9.58. The van der Waals surface area contributed by atoms with Crippen molar-refractivity contribution in [3.05, 3.63) is 47.8 Å². The summed E-state index contributed by atoms with van der Waals surface area (Å²) in [7, 11) is 0. The van der Waals surface area contributed by atoms with E-state index in [0.29, 0.717) is 43.7 Å². The number of aromatic amines is 1. The molecular formula is C26H34ClN11O7. The standard InChI is InChI=1S/C26H34ClN11O7/c1-2-37-12-14(7-33-37)19-10-29-20(11-28-19)38(24(39)31-13-25(40,41)42)16-5-3-15(4-6-16)34-23-30-8-17(26(43,44)45)21(35-23)22-18(27)9-32-36-22/h7-12,15-16,24,31,39-45H,2-6,13H2,1H3,(H,32,36)(H,30,34,35)/t15-,16-,24?. The van der Waals surface area contributed by atoms with Crippen molar-refractivity contribution in [2.45, 2.75) is 69.5 Å². The number of H-pyrrole nitrogens is 1. The Hall–Kier alpha value is -3.85. The van der Waals surface area contributed by atoms with Crippen LogP contribution in [-0.4, -0.2) is 107 Å². The Balaban J connectivity index is 1.31. The molecule has 5 rings (SSSR count). The predicted molar refractivity (Wildman–Crippen MR) is 157 cm³/mol. The molecule has 4 aromatic heterocycles. The molecule has 18 nitrogen and oxygen atoms in total. The second kappa shape index (κ2) is 13.3. The minimum atomic E-state index is -3.23. The summed E-state index contributed by atoms with van der Waals surface area (Å²) in [6, 6.07) is -0.410. The molecule has 4 aromatic rings. The van der Waals surface area contributed by atoms with Crippen molar-refractivity contribution in [1.29, 1.82) is 0 Å². The maximum Gasteiger partial charge on any atom is 0.308 e. The highest BCUT2D eigenvalue weighted by Gasteiger charge is 2.34. The predicted octanol–water partition coefficient (Wildman–Crippen LogP) is -0.993. The van der Waals surface area contributed by atoms with Crippen molar-refractivity contribution in [3.8, 4) is 22.6 Å². The number of aliphatic hydroxyl groups is 7. The van der Waals surface area contributed by atoms with E-state index in [9.17, 15) is 35.7 Å². The zero-order valence-electron chi connectivity index (χ0n) is 24.0. The first kappa shape index (κ1) is 32.5. The molecule has 1 saturated carbocycles. The van der Waals surface area contributed by atoms with Gasteiger partial charge in [0.25, 0.3) is 5.97 Å². The number of aromatic nitrogens is 8. The van der Waals surface area contributed by atoms with Crippen molar-refractivity contribution in [3.63, 3.8) is 0 Å². The first-order valence-corrected chi connectivity index (χ1v) is 14.4. The van der Waals surface area contributed by atoms with E-state index in [1.807, 2.05) is 13.1 Å². The van der Waals surface area contributed by atoms with Gasteiger partial charge in [-0.1, -0.05) is 11.6 Å². The van der Waals surface area contributed by atoms with Crippen LogP contribution in [0.5, 0.6) is 0 Å². The molecule has 0 saturated heterocycles. The number of hydrogen-bond donors (Lipinski definition) is 10. The number of nitrogens with zero attached hydrogens (tertiary/aromatic N) is 8. The Morgan fingerprint density at radius 1 is 1.02 bits per heavy atom. The zero-order valence-corrected chi connectivity index (χ0v) is 24.8. The number of rotatable bonds is 12. The third kappa shape index (κ3) is 7.87. The molecular weight excluding hydrogens is 614 g/mol. The van der Waals surface area contributed by atoms with Crippen LogP contribution in [0.25, 0.3) is 22.6 Å². The van der Waals surface area contributed by atoms with Gasteiger partial charge in [0.1, 0.15) is 17.2 Å². The van der Waals surface area contributed by atoms with Gasteiger partial charge in [-0.15, -0.1) is 0 Å². The van der Waals surface area contributed by atoms with Crippen LogP contribution in [0.4, 0.5) is 11.8 Å². The highest BCUT2D eigenvalue weighted by molar-refractivity contribution is 6.32. The molecule has 1 atom stereocenters. The molecule has 0 radical (unpaired) electrons. The van der Waals surface area contributed by atoms with Crippen LogP contribution in [0.3, 0.4) is 0 Å². The lowest BCUT2D eigenvalue weighted by Crippen LogP contribution is -2.56. The minimum absolute atomic E-state index is 0.0860. The molecule has 10 N–H and O–H groups in total. The molecule has 242 valence electrons. The Bertz CT molecular complexity index is 1560. The lowest BCUT2D eigenvalue weighted by atomic mass is 9.90. The lowest BCUT2D eigenvalue weighted by Gasteiger charge is -2.40. The molecule has 1 aliphatic rings. The third-order valence-electron chi connectivity index (χ3n) is 7.33. The van der Waals surface area contributed by atoms with Gasteiger partial charge in [-0.05, 0) is 32.6 Å². The molecule has 0 aliphatic heterocycles. The van der Waals surface area contributed by atoms with E-state index in [4.69, 9.17) is 11.6 Å². The molecule has 1 unspecified atom stereocenters. The SMILES string of the molecule is CCn1cc(-c2cnc(N(C(O)NCC(O)(O)O)[C@H]3CC[C@H](Nc4ncc(C(O)(O)O)c(-c5n[nH]cc5Cl)n4)CC3)cn2)cn1. The van der Waals surface area contributed by atoms with Gasteiger partial charge in [-0.3, -0.25) is 20.1 Å². The van der Waals surface area contributed by atoms with Gasteiger partial charge in [0.05, 0.1) is 41.4 Å². The summed E-state index contributed by atoms with van der Waals surface area (Å²) in [4.78, 5) is 19.0. The summed E-state index contributed by atoms with van der Waals surface area (Å²) >= 11 is 6.15. The van der Waals surface area contributed by atoms with Gasteiger partial charge in [0.2, 0.25) is 5.95 Å². The Morgan fingerprint density at radius 2 is 1.78 bits per heavy atom. The van der Waals surface area contributed by atoms with Gasteiger partial charge in [0.15, 0.2) is 6.35 Å². The number of aliphatic hydroxyl groups excluding tert-OH is 1. The molecule has 19 heteroatoms. The second-order valence-electron chi connectivity index (χ2n) is 10.6. The normalized spacial score (nSPS) is 18.2. The molecule has 1 fully saturated rings. The summed E-state index contributed by atoms with van der Waals surface area (Å²) in [5.74, 6) is -5.82. The quantitative estimate of drug-likeness (QED) is 0.0827.